The molecule has 6 nitrogen and oxygen atoms in total. The molecule has 1 aromatic heterocycles. The van der Waals surface area contributed by atoms with Crippen LogP contribution in [0.15, 0.2) is 24.3 Å². The van der Waals surface area contributed by atoms with E-state index in [9.17, 15) is 4.79 Å². The Morgan fingerprint density at radius 3 is 3.10 bits per heavy atom. The second-order valence-corrected chi connectivity index (χ2v) is 4.91. The van der Waals surface area contributed by atoms with Crippen LogP contribution >= 0.6 is 0 Å². The minimum Gasteiger partial charge on any atom is -0.380 e. The van der Waals surface area contributed by atoms with E-state index in [1.54, 1.807) is 7.11 Å². The van der Waals surface area contributed by atoms with Crippen LogP contribution in [0.1, 0.15) is 40.8 Å². The number of nitrogens with one attached hydrogen (secondary N) is 2. The lowest BCUT2D eigenvalue weighted by atomic mass is 10.2. The molecule has 0 radical (unpaired) electrons. The predicted octanol–water partition coefficient (Wildman–Crippen LogP) is 2.08. The molecule has 1 aromatic carbocycles. The second kappa shape index (κ2) is 5.42. The molecule has 2 N–H and O–H groups in total. The van der Waals surface area contributed by atoms with Crippen LogP contribution in [0.25, 0.3) is 0 Å². The first-order chi connectivity index (χ1) is 9.76. The standard InChI is InChI=1S/C14H16N4O2/c1-20-8-9-3-2-4-11(7-9)15-14(19)13-16-12(17-18-13)10-5-6-10/h2-4,7,10H,5-6,8H2,1H3,(H,15,19)(H,16,17,18). The van der Waals surface area contributed by atoms with Crippen molar-refractivity contribution in [1.82, 2.24) is 15.2 Å². The van der Waals surface area contributed by atoms with Gasteiger partial charge >= 0.3 is 0 Å². The number of hydrogen-bond acceptors (Lipinski definition) is 4. The third-order valence-corrected chi connectivity index (χ3v) is 3.17. The molecule has 1 amide bonds. The summed E-state index contributed by atoms with van der Waals surface area (Å²) in [6.45, 7) is 0.510. The lowest BCUT2D eigenvalue weighted by Crippen LogP contribution is -2.14. The van der Waals surface area contributed by atoms with Gasteiger partial charge in [-0.05, 0) is 30.5 Å². The van der Waals surface area contributed by atoms with E-state index in [0.29, 0.717) is 18.2 Å². The third kappa shape index (κ3) is 2.85. The molecule has 1 aliphatic carbocycles. The lowest BCUT2D eigenvalue weighted by Gasteiger charge is -2.05. The van der Waals surface area contributed by atoms with Crippen LogP contribution < -0.4 is 5.32 Å². The number of amides is 1. The van der Waals surface area contributed by atoms with Crippen LogP contribution in [-0.4, -0.2) is 28.2 Å². The Balaban J connectivity index is 1.69. The number of rotatable bonds is 5. The largest absolute Gasteiger partial charge is 0.380 e. The van der Waals surface area contributed by atoms with Gasteiger partial charge in [-0.25, -0.2) is 4.98 Å². The van der Waals surface area contributed by atoms with Crippen LogP contribution in [0.5, 0.6) is 0 Å². The molecular weight excluding hydrogens is 256 g/mol. The molecule has 1 fully saturated rings. The monoisotopic (exact) mass is 272 g/mol. The van der Waals surface area contributed by atoms with Crippen molar-refractivity contribution < 1.29 is 9.53 Å². The molecule has 3 rings (SSSR count). The Labute approximate surface area is 116 Å². The maximum absolute atomic E-state index is 12.1. The first kappa shape index (κ1) is 12.8. The summed E-state index contributed by atoms with van der Waals surface area (Å²) in [6.07, 6.45) is 2.24. The van der Waals surface area contributed by atoms with Crippen molar-refractivity contribution in [2.24, 2.45) is 0 Å². The van der Waals surface area contributed by atoms with Crippen molar-refractivity contribution in [1.29, 1.82) is 0 Å². The second-order valence-electron chi connectivity index (χ2n) is 4.91. The number of carbonyl (C=O) groups is 1. The van der Waals surface area contributed by atoms with E-state index in [0.717, 1.165) is 24.2 Å². The van der Waals surface area contributed by atoms with E-state index in [1.165, 1.54) is 0 Å². The van der Waals surface area contributed by atoms with E-state index in [1.807, 2.05) is 24.3 Å². The van der Waals surface area contributed by atoms with Gasteiger partial charge in [-0.15, -0.1) is 5.10 Å². The quantitative estimate of drug-likeness (QED) is 0.873. The number of anilines is 1. The van der Waals surface area contributed by atoms with E-state index >= 15 is 0 Å². The van der Waals surface area contributed by atoms with Crippen LogP contribution in [0.4, 0.5) is 5.69 Å². The smallest absolute Gasteiger partial charge is 0.295 e. The van der Waals surface area contributed by atoms with Gasteiger partial charge in [-0.2, -0.15) is 0 Å². The van der Waals surface area contributed by atoms with Crippen LogP contribution in [0.3, 0.4) is 0 Å². The zero-order valence-electron chi connectivity index (χ0n) is 11.2. The first-order valence-corrected chi connectivity index (χ1v) is 6.58. The Morgan fingerprint density at radius 1 is 1.50 bits per heavy atom. The summed E-state index contributed by atoms with van der Waals surface area (Å²) in [5, 5.41) is 9.57. The molecule has 0 atom stereocenters. The SMILES string of the molecule is COCc1cccc(NC(=O)c2n[nH]c(C3CC3)n2)c1. The zero-order valence-corrected chi connectivity index (χ0v) is 11.2. The van der Waals surface area contributed by atoms with Gasteiger partial charge in [0.1, 0.15) is 5.82 Å². The molecule has 6 heteroatoms. The van der Waals surface area contributed by atoms with Crippen LogP contribution in [0, 0.1) is 0 Å². The van der Waals surface area contributed by atoms with E-state index in [4.69, 9.17) is 4.74 Å². The fraction of sp³-hybridized carbons (Fsp3) is 0.357. The van der Waals surface area contributed by atoms with Gasteiger partial charge in [-0.1, -0.05) is 12.1 Å². The van der Waals surface area contributed by atoms with Gasteiger partial charge in [0.15, 0.2) is 0 Å². The van der Waals surface area contributed by atoms with Crippen LogP contribution in [0.2, 0.25) is 0 Å². The predicted molar refractivity (Wildman–Crippen MR) is 73.5 cm³/mol. The average Bonchev–Trinajstić information content (AvgIpc) is 3.17. The summed E-state index contributed by atoms with van der Waals surface area (Å²) in [6, 6.07) is 7.51. The van der Waals surface area contributed by atoms with Gasteiger partial charge in [-0.3, -0.25) is 9.89 Å². The minimum atomic E-state index is -0.303. The molecule has 0 spiro atoms. The maximum atomic E-state index is 12.1. The fourth-order valence-corrected chi connectivity index (χ4v) is 2.01. The fourth-order valence-electron chi connectivity index (χ4n) is 2.01. The Bertz CT molecular complexity index is 619. The summed E-state index contributed by atoms with van der Waals surface area (Å²) < 4.78 is 5.07. The Kier molecular flexibility index (Phi) is 3.47. The maximum Gasteiger partial charge on any atom is 0.295 e. The lowest BCUT2D eigenvalue weighted by molar-refractivity contribution is 0.101. The average molecular weight is 272 g/mol. The van der Waals surface area contributed by atoms with Crippen molar-refractivity contribution >= 4 is 11.6 Å². The Hall–Kier alpha value is -2.21. The van der Waals surface area contributed by atoms with Gasteiger partial charge in [0.05, 0.1) is 6.61 Å². The molecule has 0 saturated heterocycles. The molecule has 104 valence electrons. The third-order valence-electron chi connectivity index (χ3n) is 3.17. The number of aromatic nitrogens is 3. The molecule has 1 saturated carbocycles. The topological polar surface area (TPSA) is 79.9 Å². The molecule has 0 unspecified atom stereocenters. The summed E-state index contributed by atoms with van der Waals surface area (Å²) in [4.78, 5) is 16.3. The van der Waals surface area contributed by atoms with E-state index in [2.05, 4.69) is 20.5 Å². The van der Waals surface area contributed by atoms with Crippen molar-refractivity contribution in [3.8, 4) is 0 Å². The van der Waals surface area contributed by atoms with Crippen molar-refractivity contribution in [3.05, 3.63) is 41.5 Å². The number of nitrogens with zero attached hydrogens (tertiary/aromatic N) is 2. The number of carbonyl (C=O) groups excluding carboxylic acids is 1. The summed E-state index contributed by atoms with van der Waals surface area (Å²) in [5.41, 5.74) is 1.71. The molecule has 2 aromatic rings. The number of ether oxygens (including phenoxy) is 1. The zero-order chi connectivity index (χ0) is 13.9. The highest BCUT2D eigenvalue weighted by Crippen LogP contribution is 2.37. The highest BCUT2D eigenvalue weighted by Gasteiger charge is 2.28. The normalized spacial score (nSPS) is 14.2. The number of H-pyrrole nitrogens is 1. The first-order valence-electron chi connectivity index (χ1n) is 6.58. The number of aromatic amines is 1. The number of benzene rings is 1. The summed E-state index contributed by atoms with van der Waals surface area (Å²) in [5.74, 6) is 1.14. The van der Waals surface area contributed by atoms with Gasteiger partial charge in [0.25, 0.3) is 5.91 Å². The molecule has 1 heterocycles. The molecule has 0 aliphatic heterocycles. The van der Waals surface area contributed by atoms with E-state index in [-0.39, 0.29) is 11.7 Å². The van der Waals surface area contributed by atoms with Crippen molar-refractivity contribution in [3.63, 3.8) is 0 Å². The number of methoxy groups -OCH3 is 1. The van der Waals surface area contributed by atoms with Crippen LogP contribution in [-0.2, 0) is 11.3 Å². The van der Waals surface area contributed by atoms with Crippen molar-refractivity contribution in [2.45, 2.75) is 25.4 Å². The highest BCUT2D eigenvalue weighted by atomic mass is 16.5. The van der Waals surface area contributed by atoms with Gasteiger partial charge in [0, 0.05) is 18.7 Å². The van der Waals surface area contributed by atoms with E-state index < -0.39 is 0 Å². The van der Waals surface area contributed by atoms with Gasteiger partial charge < -0.3 is 10.1 Å². The summed E-state index contributed by atoms with van der Waals surface area (Å²) >= 11 is 0. The van der Waals surface area contributed by atoms with Crippen molar-refractivity contribution in [2.75, 3.05) is 12.4 Å². The minimum absolute atomic E-state index is 0.184. The molecule has 0 bridgehead atoms. The molecule has 1 aliphatic rings. The summed E-state index contributed by atoms with van der Waals surface area (Å²) in [7, 11) is 1.64. The highest BCUT2D eigenvalue weighted by molar-refractivity contribution is 6.01. The Morgan fingerprint density at radius 2 is 2.35 bits per heavy atom. The molecule has 20 heavy (non-hydrogen) atoms. The number of hydrogen-bond donors (Lipinski definition) is 2. The molecular formula is C14H16N4O2. The van der Waals surface area contributed by atoms with Gasteiger partial charge in [0.2, 0.25) is 5.82 Å².